The molecular weight excluding hydrogens is 282 g/mol. The number of amides is 1. The Labute approximate surface area is 136 Å². The lowest BCUT2D eigenvalue weighted by Gasteiger charge is -2.06. The predicted octanol–water partition coefficient (Wildman–Crippen LogP) is 4.22. The minimum Gasteiger partial charge on any atom is -0.351 e. The molecule has 0 bridgehead atoms. The molecule has 0 fully saturated rings. The van der Waals surface area contributed by atoms with Gasteiger partial charge in [-0.2, -0.15) is 0 Å². The SMILES string of the molecule is O=C([CH]c1ccc(-c2ccccc2)cc1)NCc1ccccc1. The van der Waals surface area contributed by atoms with E-state index in [-0.39, 0.29) is 5.91 Å². The van der Waals surface area contributed by atoms with Crippen LogP contribution in [0.4, 0.5) is 0 Å². The molecule has 113 valence electrons. The number of carbonyl (C=O) groups is 1. The molecule has 2 heteroatoms. The lowest BCUT2D eigenvalue weighted by atomic mass is 10.0. The Morgan fingerprint density at radius 1 is 0.739 bits per heavy atom. The first-order valence-corrected chi connectivity index (χ1v) is 7.63. The van der Waals surface area contributed by atoms with Gasteiger partial charge in [-0.25, -0.2) is 0 Å². The van der Waals surface area contributed by atoms with Crippen LogP contribution in [0.1, 0.15) is 11.1 Å². The molecule has 0 unspecified atom stereocenters. The van der Waals surface area contributed by atoms with Gasteiger partial charge in [0.2, 0.25) is 5.91 Å². The van der Waals surface area contributed by atoms with E-state index in [0.717, 1.165) is 16.7 Å². The molecule has 3 aromatic rings. The molecule has 1 radical (unpaired) electrons. The highest BCUT2D eigenvalue weighted by Gasteiger charge is 2.04. The topological polar surface area (TPSA) is 29.1 Å². The van der Waals surface area contributed by atoms with Crippen LogP contribution >= 0.6 is 0 Å². The van der Waals surface area contributed by atoms with Crippen molar-refractivity contribution in [2.45, 2.75) is 6.54 Å². The minimum absolute atomic E-state index is 0.0821. The van der Waals surface area contributed by atoms with Crippen molar-refractivity contribution < 1.29 is 4.79 Å². The molecule has 23 heavy (non-hydrogen) atoms. The molecule has 0 atom stereocenters. The van der Waals surface area contributed by atoms with Crippen molar-refractivity contribution in [3.63, 3.8) is 0 Å². The van der Waals surface area contributed by atoms with Crippen LogP contribution < -0.4 is 5.32 Å². The van der Waals surface area contributed by atoms with Crippen molar-refractivity contribution in [1.29, 1.82) is 0 Å². The van der Waals surface area contributed by atoms with Crippen LogP contribution in [0.2, 0.25) is 0 Å². The Morgan fingerprint density at radius 3 is 1.96 bits per heavy atom. The van der Waals surface area contributed by atoms with Gasteiger partial charge in [-0.15, -0.1) is 0 Å². The Bertz CT molecular complexity index is 749. The second-order valence-electron chi connectivity index (χ2n) is 5.34. The van der Waals surface area contributed by atoms with Crippen molar-refractivity contribution in [3.05, 3.63) is 102 Å². The van der Waals surface area contributed by atoms with Gasteiger partial charge in [0.1, 0.15) is 0 Å². The van der Waals surface area contributed by atoms with Crippen LogP contribution in [0, 0.1) is 6.42 Å². The highest BCUT2D eigenvalue weighted by Crippen LogP contribution is 2.19. The first-order valence-electron chi connectivity index (χ1n) is 7.63. The Kier molecular flexibility index (Phi) is 4.85. The van der Waals surface area contributed by atoms with Crippen LogP contribution in [0.15, 0.2) is 84.9 Å². The summed E-state index contributed by atoms with van der Waals surface area (Å²) in [6, 6.07) is 28.1. The van der Waals surface area contributed by atoms with Crippen molar-refractivity contribution in [1.82, 2.24) is 5.32 Å². The van der Waals surface area contributed by atoms with Crippen molar-refractivity contribution >= 4 is 5.91 Å². The number of benzene rings is 3. The average Bonchev–Trinajstić information content (AvgIpc) is 2.62. The highest BCUT2D eigenvalue weighted by atomic mass is 16.1. The number of carbonyl (C=O) groups excluding carboxylic acids is 1. The van der Waals surface area contributed by atoms with Crippen LogP contribution in [0.3, 0.4) is 0 Å². The zero-order valence-electron chi connectivity index (χ0n) is 12.8. The zero-order chi connectivity index (χ0) is 15.9. The van der Waals surface area contributed by atoms with E-state index in [4.69, 9.17) is 0 Å². The summed E-state index contributed by atoms with van der Waals surface area (Å²) in [5, 5.41) is 2.90. The summed E-state index contributed by atoms with van der Waals surface area (Å²) in [4.78, 5) is 12.0. The van der Waals surface area contributed by atoms with Crippen molar-refractivity contribution in [2.24, 2.45) is 0 Å². The summed E-state index contributed by atoms with van der Waals surface area (Å²) >= 11 is 0. The summed E-state index contributed by atoms with van der Waals surface area (Å²) in [7, 11) is 0. The molecule has 0 spiro atoms. The molecule has 0 aromatic heterocycles. The van der Waals surface area contributed by atoms with Crippen LogP contribution in [-0.4, -0.2) is 5.91 Å². The predicted molar refractivity (Wildman–Crippen MR) is 93.6 cm³/mol. The molecule has 1 amide bonds. The quantitative estimate of drug-likeness (QED) is 0.751. The maximum atomic E-state index is 12.0. The zero-order valence-corrected chi connectivity index (χ0v) is 12.8. The molecule has 3 rings (SSSR count). The first-order chi connectivity index (χ1) is 11.3. The molecule has 2 nitrogen and oxygen atoms in total. The molecule has 3 aromatic carbocycles. The fraction of sp³-hybridized carbons (Fsp3) is 0.0476. The molecule has 0 aliphatic carbocycles. The summed E-state index contributed by atoms with van der Waals surface area (Å²) in [5.74, 6) is -0.0821. The monoisotopic (exact) mass is 300 g/mol. The number of rotatable bonds is 5. The van der Waals surface area contributed by atoms with Crippen molar-refractivity contribution in [2.75, 3.05) is 0 Å². The van der Waals surface area contributed by atoms with E-state index in [2.05, 4.69) is 17.4 Å². The Hall–Kier alpha value is -2.87. The highest BCUT2D eigenvalue weighted by molar-refractivity contribution is 5.88. The second kappa shape index (κ2) is 7.41. The fourth-order valence-electron chi connectivity index (χ4n) is 2.39. The minimum atomic E-state index is -0.0821. The van der Waals surface area contributed by atoms with E-state index in [1.807, 2.05) is 72.8 Å². The average molecular weight is 300 g/mol. The van der Waals surface area contributed by atoms with Crippen LogP contribution in [0.25, 0.3) is 11.1 Å². The lowest BCUT2D eigenvalue weighted by Crippen LogP contribution is -2.23. The standard InChI is InChI=1S/C21H18NO/c23-21(22-16-18-7-3-1-4-8-18)15-17-11-13-20(14-12-17)19-9-5-2-6-10-19/h1-15H,16H2,(H,22,23). The maximum absolute atomic E-state index is 12.0. The first kappa shape index (κ1) is 15.0. The number of hydrogen-bond donors (Lipinski definition) is 1. The van der Waals surface area contributed by atoms with E-state index in [1.165, 1.54) is 5.56 Å². The van der Waals surface area contributed by atoms with E-state index in [9.17, 15) is 4.79 Å². The van der Waals surface area contributed by atoms with Crippen molar-refractivity contribution in [3.8, 4) is 11.1 Å². The molecular formula is C21H18NO. The van der Waals surface area contributed by atoms with Gasteiger partial charge in [0.25, 0.3) is 0 Å². The smallest absolute Gasteiger partial charge is 0.228 e. The summed E-state index contributed by atoms with van der Waals surface area (Å²) in [5.41, 5.74) is 4.31. The Morgan fingerprint density at radius 2 is 1.30 bits per heavy atom. The second-order valence-corrected chi connectivity index (χ2v) is 5.34. The molecule has 0 saturated carbocycles. The lowest BCUT2D eigenvalue weighted by molar-refractivity contribution is -0.117. The molecule has 1 N–H and O–H groups in total. The molecule has 0 saturated heterocycles. The summed E-state index contributed by atoms with van der Waals surface area (Å²) in [6.07, 6.45) is 1.62. The van der Waals surface area contributed by atoms with Gasteiger partial charge in [0.05, 0.1) is 6.42 Å². The van der Waals surface area contributed by atoms with Crippen LogP contribution in [-0.2, 0) is 11.3 Å². The van der Waals surface area contributed by atoms with E-state index >= 15 is 0 Å². The third kappa shape index (κ3) is 4.30. The van der Waals surface area contributed by atoms with Gasteiger partial charge in [-0.1, -0.05) is 84.9 Å². The van der Waals surface area contributed by atoms with Gasteiger partial charge >= 0.3 is 0 Å². The number of hydrogen-bond acceptors (Lipinski definition) is 1. The molecule has 0 heterocycles. The molecule has 0 aliphatic heterocycles. The van der Waals surface area contributed by atoms with Gasteiger partial charge < -0.3 is 5.32 Å². The largest absolute Gasteiger partial charge is 0.351 e. The number of nitrogens with one attached hydrogen (secondary N) is 1. The van der Waals surface area contributed by atoms with Gasteiger partial charge in [-0.3, -0.25) is 4.79 Å². The Balaban J connectivity index is 1.57. The summed E-state index contributed by atoms with van der Waals surface area (Å²) < 4.78 is 0. The van der Waals surface area contributed by atoms with E-state index in [0.29, 0.717) is 6.54 Å². The van der Waals surface area contributed by atoms with Gasteiger partial charge in [0.15, 0.2) is 0 Å². The molecule has 0 aliphatic rings. The van der Waals surface area contributed by atoms with E-state index < -0.39 is 0 Å². The van der Waals surface area contributed by atoms with Gasteiger partial charge in [-0.05, 0) is 22.3 Å². The normalized spacial score (nSPS) is 10.3. The van der Waals surface area contributed by atoms with Crippen LogP contribution in [0.5, 0.6) is 0 Å². The van der Waals surface area contributed by atoms with E-state index in [1.54, 1.807) is 6.42 Å². The maximum Gasteiger partial charge on any atom is 0.228 e. The fourth-order valence-corrected chi connectivity index (χ4v) is 2.39. The van der Waals surface area contributed by atoms with Gasteiger partial charge in [0, 0.05) is 6.54 Å². The third-order valence-corrected chi connectivity index (χ3v) is 3.63. The summed E-state index contributed by atoms with van der Waals surface area (Å²) in [6.45, 7) is 0.540. The third-order valence-electron chi connectivity index (χ3n) is 3.63.